The van der Waals surface area contributed by atoms with E-state index in [1.54, 1.807) is 12.1 Å². The summed E-state index contributed by atoms with van der Waals surface area (Å²) in [5, 5.41) is 12.1. The van der Waals surface area contributed by atoms with E-state index in [0.717, 1.165) is 0 Å². The molecule has 0 fully saturated rings. The molecule has 28 heavy (non-hydrogen) atoms. The van der Waals surface area contributed by atoms with E-state index in [1.807, 2.05) is 6.07 Å². The molecule has 1 aromatic carbocycles. The van der Waals surface area contributed by atoms with Gasteiger partial charge in [0.15, 0.2) is 0 Å². The molecule has 0 radical (unpaired) electrons. The van der Waals surface area contributed by atoms with E-state index < -0.39 is 12.1 Å². The van der Waals surface area contributed by atoms with Crippen molar-refractivity contribution in [2.24, 2.45) is 0 Å². The molecule has 2 heterocycles. The molecule has 0 bridgehead atoms. The number of alkyl halides is 3. The van der Waals surface area contributed by atoms with Crippen LogP contribution in [0.15, 0.2) is 51.6 Å². The molecule has 0 aliphatic rings. The Bertz CT molecular complexity index is 973. The number of hydrogen-bond acceptors (Lipinski definition) is 6. The normalized spacial score (nSPS) is 11.2. The second kappa shape index (κ2) is 7.96. The molecular weight excluding hydrogens is 377 g/mol. The standard InChI is InChI=1S/C18H13F3N4O3/c19-18(20,21)17-23-15(24-28-17)12-4-6-13(7-5-12)16(26)25(9-2-8-22)11-14-3-1-10-27-14/h1,3-7,10H,2,9,11H2. The molecule has 3 aromatic rings. The van der Waals surface area contributed by atoms with Gasteiger partial charge in [-0.3, -0.25) is 4.79 Å². The molecule has 7 nitrogen and oxygen atoms in total. The van der Waals surface area contributed by atoms with E-state index in [2.05, 4.69) is 14.7 Å². The number of nitrogens with zero attached hydrogens (tertiary/aromatic N) is 4. The topological polar surface area (TPSA) is 96.2 Å². The molecule has 144 valence electrons. The number of furan rings is 1. The average Bonchev–Trinajstić information content (AvgIpc) is 3.36. The zero-order chi connectivity index (χ0) is 20.1. The minimum Gasteiger partial charge on any atom is -0.467 e. The molecule has 2 aromatic heterocycles. The van der Waals surface area contributed by atoms with Gasteiger partial charge in [-0.25, -0.2) is 0 Å². The Morgan fingerprint density at radius 1 is 1.21 bits per heavy atom. The van der Waals surface area contributed by atoms with E-state index in [9.17, 15) is 18.0 Å². The Labute approximate surface area is 157 Å². The largest absolute Gasteiger partial charge is 0.471 e. The third kappa shape index (κ3) is 4.37. The number of hydrogen-bond donors (Lipinski definition) is 0. The summed E-state index contributed by atoms with van der Waals surface area (Å²) in [7, 11) is 0. The van der Waals surface area contributed by atoms with Crippen molar-refractivity contribution in [1.82, 2.24) is 15.0 Å². The fraction of sp³-hybridized carbons (Fsp3) is 0.222. The fourth-order valence-corrected chi connectivity index (χ4v) is 2.43. The van der Waals surface area contributed by atoms with Crippen molar-refractivity contribution in [3.05, 3.63) is 59.9 Å². The zero-order valence-electron chi connectivity index (χ0n) is 14.3. The van der Waals surface area contributed by atoms with E-state index >= 15 is 0 Å². The van der Waals surface area contributed by atoms with Crippen LogP contribution in [0.5, 0.6) is 0 Å². The minimum absolute atomic E-state index is 0.146. The van der Waals surface area contributed by atoms with Gasteiger partial charge < -0.3 is 13.8 Å². The Morgan fingerprint density at radius 3 is 2.54 bits per heavy atom. The summed E-state index contributed by atoms with van der Waals surface area (Å²) in [6, 6.07) is 11.1. The lowest BCUT2D eigenvalue weighted by Gasteiger charge is -2.20. The second-order valence-electron chi connectivity index (χ2n) is 5.71. The first-order chi connectivity index (χ1) is 13.4. The van der Waals surface area contributed by atoms with Gasteiger partial charge in [-0.1, -0.05) is 17.3 Å². The van der Waals surface area contributed by atoms with Gasteiger partial charge in [0.05, 0.1) is 25.3 Å². The Hall–Kier alpha value is -3.61. The van der Waals surface area contributed by atoms with Crippen LogP contribution in [0.4, 0.5) is 13.2 Å². The number of halogens is 3. The van der Waals surface area contributed by atoms with E-state index in [4.69, 9.17) is 9.68 Å². The van der Waals surface area contributed by atoms with Crippen LogP contribution in [0.1, 0.15) is 28.4 Å². The van der Waals surface area contributed by atoms with Gasteiger partial charge in [-0.05, 0) is 24.3 Å². The quantitative estimate of drug-likeness (QED) is 0.633. The van der Waals surface area contributed by atoms with E-state index in [1.165, 1.54) is 35.4 Å². The number of carbonyl (C=O) groups excluding carboxylic acids is 1. The van der Waals surface area contributed by atoms with Crippen molar-refractivity contribution >= 4 is 5.91 Å². The molecule has 3 rings (SSSR count). The van der Waals surface area contributed by atoms with Crippen molar-refractivity contribution in [3.63, 3.8) is 0 Å². The lowest BCUT2D eigenvalue weighted by Crippen LogP contribution is -2.31. The highest BCUT2D eigenvalue weighted by Crippen LogP contribution is 2.29. The van der Waals surface area contributed by atoms with Crippen molar-refractivity contribution in [3.8, 4) is 17.5 Å². The Morgan fingerprint density at radius 2 is 1.96 bits per heavy atom. The summed E-state index contributed by atoms with van der Waals surface area (Å²) >= 11 is 0. The number of nitriles is 1. The summed E-state index contributed by atoms with van der Waals surface area (Å²) in [4.78, 5) is 17.5. The van der Waals surface area contributed by atoms with Gasteiger partial charge in [0, 0.05) is 17.7 Å². The monoisotopic (exact) mass is 390 g/mol. The van der Waals surface area contributed by atoms with Gasteiger partial charge in [0.2, 0.25) is 5.82 Å². The molecule has 10 heteroatoms. The van der Waals surface area contributed by atoms with Gasteiger partial charge in [-0.15, -0.1) is 0 Å². The summed E-state index contributed by atoms with van der Waals surface area (Å²) in [6.07, 6.45) is -3.10. The number of rotatable bonds is 6. The molecule has 0 saturated carbocycles. The predicted molar refractivity (Wildman–Crippen MR) is 88.4 cm³/mol. The third-order valence-corrected chi connectivity index (χ3v) is 3.77. The SMILES string of the molecule is N#CCCN(Cc1ccco1)C(=O)c1ccc(-c2noc(C(F)(F)F)n2)cc1. The highest BCUT2D eigenvalue weighted by molar-refractivity contribution is 5.94. The van der Waals surface area contributed by atoms with Crippen LogP contribution < -0.4 is 0 Å². The highest BCUT2D eigenvalue weighted by atomic mass is 19.4. The maximum absolute atomic E-state index is 12.7. The van der Waals surface area contributed by atoms with Crippen LogP contribution in [0.2, 0.25) is 0 Å². The maximum atomic E-state index is 12.7. The van der Waals surface area contributed by atoms with Crippen LogP contribution in [-0.4, -0.2) is 27.5 Å². The zero-order valence-corrected chi connectivity index (χ0v) is 14.3. The second-order valence-corrected chi connectivity index (χ2v) is 5.71. The first kappa shape index (κ1) is 19.2. The van der Waals surface area contributed by atoms with E-state index in [-0.39, 0.29) is 36.8 Å². The number of carbonyl (C=O) groups is 1. The van der Waals surface area contributed by atoms with Gasteiger partial charge in [0.25, 0.3) is 5.91 Å². The van der Waals surface area contributed by atoms with Crippen LogP contribution >= 0.6 is 0 Å². The van der Waals surface area contributed by atoms with Crippen LogP contribution in [0, 0.1) is 11.3 Å². The third-order valence-electron chi connectivity index (χ3n) is 3.77. The Kier molecular flexibility index (Phi) is 5.44. The highest BCUT2D eigenvalue weighted by Gasteiger charge is 2.38. The van der Waals surface area contributed by atoms with Crippen LogP contribution in [-0.2, 0) is 12.7 Å². The molecule has 1 amide bonds. The summed E-state index contributed by atoms with van der Waals surface area (Å²) in [6.45, 7) is 0.395. The minimum atomic E-state index is -4.73. The maximum Gasteiger partial charge on any atom is 0.471 e. The molecule has 0 aliphatic heterocycles. The predicted octanol–water partition coefficient (Wildman–Crippen LogP) is 3.90. The van der Waals surface area contributed by atoms with Crippen LogP contribution in [0.25, 0.3) is 11.4 Å². The smallest absolute Gasteiger partial charge is 0.467 e. The molecule has 0 N–H and O–H groups in total. The average molecular weight is 390 g/mol. The summed E-state index contributed by atoms with van der Waals surface area (Å²) < 4.78 is 47.1. The van der Waals surface area contributed by atoms with Crippen molar-refractivity contribution < 1.29 is 26.9 Å². The first-order valence-corrected chi connectivity index (χ1v) is 8.08. The van der Waals surface area contributed by atoms with Gasteiger partial charge in [-0.2, -0.15) is 23.4 Å². The summed E-state index contributed by atoms with van der Waals surface area (Å²) in [5.41, 5.74) is 0.568. The lowest BCUT2D eigenvalue weighted by atomic mass is 10.1. The lowest BCUT2D eigenvalue weighted by molar-refractivity contribution is -0.159. The van der Waals surface area contributed by atoms with Crippen molar-refractivity contribution in [2.75, 3.05) is 6.54 Å². The van der Waals surface area contributed by atoms with Crippen molar-refractivity contribution in [2.45, 2.75) is 19.1 Å². The molecule has 0 spiro atoms. The van der Waals surface area contributed by atoms with Crippen molar-refractivity contribution in [1.29, 1.82) is 5.26 Å². The van der Waals surface area contributed by atoms with Crippen LogP contribution in [0.3, 0.4) is 0 Å². The molecule has 0 aliphatic carbocycles. The molecular formula is C18H13F3N4O3. The molecule has 0 saturated heterocycles. The Balaban J connectivity index is 1.77. The summed E-state index contributed by atoms with van der Waals surface area (Å²) in [5.74, 6) is -1.45. The van der Waals surface area contributed by atoms with E-state index in [0.29, 0.717) is 11.3 Å². The molecule has 0 atom stereocenters. The number of amides is 1. The molecule has 0 unspecified atom stereocenters. The van der Waals surface area contributed by atoms with Gasteiger partial charge >= 0.3 is 12.1 Å². The first-order valence-electron chi connectivity index (χ1n) is 8.08. The van der Waals surface area contributed by atoms with Gasteiger partial charge in [0.1, 0.15) is 5.76 Å². The number of benzene rings is 1. The fourth-order valence-electron chi connectivity index (χ4n) is 2.43. The number of aromatic nitrogens is 2.